The maximum atomic E-state index is 12.1. The Hall–Kier alpha value is -3.22. The van der Waals surface area contributed by atoms with Gasteiger partial charge in [0.2, 0.25) is 11.9 Å². The summed E-state index contributed by atoms with van der Waals surface area (Å²) in [4.78, 5) is 35.3. The first-order valence-corrected chi connectivity index (χ1v) is 7.11. The molecule has 1 atom stereocenters. The van der Waals surface area contributed by atoms with Crippen molar-refractivity contribution < 1.29 is 9.59 Å². The molecule has 0 spiro atoms. The van der Waals surface area contributed by atoms with Gasteiger partial charge in [-0.05, 0) is 31.2 Å². The van der Waals surface area contributed by atoms with Crippen molar-refractivity contribution in [2.75, 3.05) is 5.32 Å². The van der Waals surface area contributed by atoms with E-state index in [-0.39, 0.29) is 11.6 Å². The topological polar surface area (TPSA) is 99.8 Å². The van der Waals surface area contributed by atoms with Crippen LogP contribution in [0.1, 0.15) is 17.4 Å². The number of benzene rings is 1. The van der Waals surface area contributed by atoms with Crippen molar-refractivity contribution in [3.05, 3.63) is 54.4 Å². The van der Waals surface area contributed by atoms with E-state index in [9.17, 15) is 9.59 Å². The number of hydrogen-bond donors (Lipinski definition) is 3. The van der Waals surface area contributed by atoms with Gasteiger partial charge in [-0.3, -0.25) is 19.9 Å². The fourth-order valence-corrected chi connectivity index (χ4v) is 2.07. The van der Waals surface area contributed by atoms with Gasteiger partial charge in [-0.25, -0.2) is 4.98 Å². The second-order valence-corrected chi connectivity index (χ2v) is 5.00. The Morgan fingerprint density at radius 2 is 1.91 bits per heavy atom. The van der Waals surface area contributed by atoms with E-state index in [1.807, 2.05) is 24.3 Å². The molecule has 3 rings (SSSR count). The number of pyridine rings is 1. The van der Waals surface area contributed by atoms with Gasteiger partial charge in [0.1, 0.15) is 11.7 Å². The highest BCUT2D eigenvalue weighted by atomic mass is 16.2. The number of rotatable bonds is 4. The predicted molar refractivity (Wildman–Crippen MR) is 85.9 cm³/mol. The number of imidazole rings is 1. The van der Waals surface area contributed by atoms with Gasteiger partial charge in [0.15, 0.2) is 0 Å². The Kier molecular flexibility index (Phi) is 4.01. The van der Waals surface area contributed by atoms with Crippen molar-refractivity contribution in [1.82, 2.24) is 20.3 Å². The summed E-state index contributed by atoms with van der Waals surface area (Å²) in [6.45, 7) is 1.60. The van der Waals surface area contributed by atoms with Crippen LogP contribution in [-0.2, 0) is 4.79 Å². The highest BCUT2D eigenvalue weighted by Gasteiger charge is 2.18. The van der Waals surface area contributed by atoms with E-state index in [1.165, 1.54) is 6.20 Å². The number of hydrogen-bond acceptors (Lipinski definition) is 4. The number of aromatic nitrogens is 3. The van der Waals surface area contributed by atoms with Crippen molar-refractivity contribution in [2.24, 2.45) is 0 Å². The van der Waals surface area contributed by atoms with Gasteiger partial charge < -0.3 is 10.3 Å². The Balaban J connectivity index is 1.64. The highest BCUT2D eigenvalue weighted by Crippen LogP contribution is 2.13. The van der Waals surface area contributed by atoms with Gasteiger partial charge in [-0.1, -0.05) is 18.2 Å². The van der Waals surface area contributed by atoms with Crippen LogP contribution in [0.25, 0.3) is 11.0 Å². The summed E-state index contributed by atoms with van der Waals surface area (Å²) in [5, 5.41) is 5.24. The van der Waals surface area contributed by atoms with E-state index in [2.05, 4.69) is 25.6 Å². The molecule has 2 aromatic heterocycles. The molecule has 7 heteroatoms. The summed E-state index contributed by atoms with van der Waals surface area (Å²) >= 11 is 0. The lowest BCUT2D eigenvalue weighted by Crippen LogP contribution is -2.42. The Bertz CT molecular complexity index is 811. The van der Waals surface area contributed by atoms with Gasteiger partial charge in [0, 0.05) is 6.20 Å². The van der Waals surface area contributed by atoms with Gasteiger partial charge in [0.05, 0.1) is 11.0 Å². The maximum Gasteiger partial charge on any atom is 0.270 e. The lowest BCUT2D eigenvalue weighted by atomic mass is 10.2. The van der Waals surface area contributed by atoms with Crippen LogP contribution in [0.15, 0.2) is 48.7 Å². The average Bonchev–Trinajstić information content (AvgIpc) is 2.97. The number of fused-ring (bicyclic) bond motifs is 1. The van der Waals surface area contributed by atoms with Crippen LogP contribution in [0, 0.1) is 0 Å². The molecule has 0 saturated carbocycles. The highest BCUT2D eigenvalue weighted by molar-refractivity contribution is 6.00. The van der Waals surface area contributed by atoms with Gasteiger partial charge in [0.25, 0.3) is 5.91 Å². The summed E-state index contributed by atoms with van der Waals surface area (Å²) in [5.41, 5.74) is 1.84. The predicted octanol–water partition coefficient (Wildman–Crippen LogP) is 1.71. The number of carbonyl (C=O) groups excluding carboxylic acids is 2. The summed E-state index contributed by atoms with van der Waals surface area (Å²) in [5.74, 6) is -0.429. The SMILES string of the molecule is CC(NC(=O)c1ccccn1)C(=O)Nc1nc2ccccc2[nH]1. The summed E-state index contributed by atoms with van der Waals surface area (Å²) in [6, 6.07) is 11.7. The zero-order chi connectivity index (χ0) is 16.2. The number of aromatic amines is 1. The molecular formula is C16H15N5O2. The van der Waals surface area contributed by atoms with E-state index in [0.29, 0.717) is 5.95 Å². The van der Waals surface area contributed by atoms with Crippen LogP contribution in [0.3, 0.4) is 0 Å². The monoisotopic (exact) mass is 309 g/mol. The van der Waals surface area contributed by atoms with E-state index < -0.39 is 11.9 Å². The molecule has 3 aromatic rings. The van der Waals surface area contributed by atoms with E-state index in [4.69, 9.17) is 0 Å². The molecular weight excluding hydrogens is 294 g/mol. The van der Waals surface area contributed by atoms with Crippen LogP contribution in [-0.4, -0.2) is 32.8 Å². The number of nitrogens with one attached hydrogen (secondary N) is 3. The number of anilines is 1. The first-order valence-electron chi connectivity index (χ1n) is 7.11. The fraction of sp³-hybridized carbons (Fsp3) is 0.125. The minimum atomic E-state index is -0.724. The molecule has 23 heavy (non-hydrogen) atoms. The van der Waals surface area contributed by atoms with Crippen LogP contribution in [0.4, 0.5) is 5.95 Å². The molecule has 0 bridgehead atoms. The maximum absolute atomic E-state index is 12.1. The smallest absolute Gasteiger partial charge is 0.270 e. The molecule has 2 heterocycles. The molecule has 0 fully saturated rings. The average molecular weight is 309 g/mol. The zero-order valence-corrected chi connectivity index (χ0v) is 12.4. The molecule has 1 unspecified atom stereocenters. The minimum Gasteiger partial charge on any atom is -0.339 e. The first kappa shape index (κ1) is 14.7. The Morgan fingerprint density at radius 1 is 1.13 bits per heavy atom. The number of amides is 2. The van der Waals surface area contributed by atoms with Crippen molar-refractivity contribution in [1.29, 1.82) is 0 Å². The molecule has 7 nitrogen and oxygen atoms in total. The molecule has 3 N–H and O–H groups in total. The summed E-state index contributed by atoms with van der Waals surface area (Å²) in [6.07, 6.45) is 1.52. The Morgan fingerprint density at radius 3 is 2.65 bits per heavy atom. The van der Waals surface area contributed by atoms with E-state index in [1.54, 1.807) is 25.1 Å². The largest absolute Gasteiger partial charge is 0.339 e. The minimum absolute atomic E-state index is 0.260. The molecule has 0 aliphatic rings. The van der Waals surface area contributed by atoms with E-state index in [0.717, 1.165) is 11.0 Å². The third kappa shape index (κ3) is 3.34. The Labute approximate surface area is 132 Å². The second-order valence-electron chi connectivity index (χ2n) is 5.00. The van der Waals surface area contributed by atoms with Gasteiger partial charge in [-0.2, -0.15) is 0 Å². The van der Waals surface area contributed by atoms with Gasteiger partial charge >= 0.3 is 0 Å². The number of carbonyl (C=O) groups is 2. The lowest BCUT2D eigenvalue weighted by Gasteiger charge is -2.12. The van der Waals surface area contributed by atoms with E-state index >= 15 is 0 Å². The number of nitrogens with zero attached hydrogens (tertiary/aromatic N) is 2. The summed E-state index contributed by atoms with van der Waals surface area (Å²) < 4.78 is 0. The van der Waals surface area contributed by atoms with Gasteiger partial charge in [-0.15, -0.1) is 0 Å². The molecule has 0 aliphatic heterocycles. The zero-order valence-electron chi connectivity index (χ0n) is 12.4. The molecule has 1 aromatic carbocycles. The molecule has 0 radical (unpaired) electrons. The normalized spacial score (nSPS) is 11.9. The van der Waals surface area contributed by atoms with Crippen molar-refractivity contribution >= 4 is 28.8 Å². The van der Waals surface area contributed by atoms with Crippen LogP contribution in [0.2, 0.25) is 0 Å². The molecule has 0 aliphatic carbocycles. The first-order chi connectivity index (χ1) is 11.1. The third-order valence-electron chi connectivity index (χ3n) is 3.27. The molecule has 116 valence electrons. The van der Waals surface area contributed by atoms with Crippen molar-refractivity contribution in [2.45, 2.75) is 13.0 Å². The summed E-state index contributed by atoms with van der Waals surface area (Å²) in [7, 11) is 0. The lowest BCUT2D eigenvalue weighted by molar-refractivity contribution is -0.117. The molecule has 0 saturated heterocycles. The second kappa shape index (κ2) is 6.27. The molecule has 2 amide bonds. The van der Waals surface area contributed by atoms with Crippen LogP contribution < -0.4 is 10.6 Å². The van der Waals surface area contributed by atoms with Crippen molar-refractivity contribution in [3.8, 4) is 0 Å². The number of H-pyrrole nitrogens is 1. The third-order valence-corrected chi connectivity index (χ3v) is 3.27. The quantitative estimate of drug-likeness (QED) is 0.683. The fourth-order valence-electron chi connectivity index (χ4n) is 2.07. The van der Waals surface area contributed by atoms with Crippen LogP contribution in [0.5, 0.6) is 0 Å². The standard InChI is InChI=1S/C16H15N5O2/c1-10(18-15(23)13-8-4-5-9-17-13)14(22)21-16-19-11-6-2-3-7-12(11)20-16/h2-10H,1H3,(H,18,23)(H2,19,20,21,22). The number of para-hydroxylation sites is 2. The van der Waals surface area contributed by atoms with Crippen molar-refractivity contribution in [3.63, 3.8) is 0 Å². The van der Waals surface area contributed by atoms with Crippen LogP contribution >= 0.6 is 0 Å².